The van der Waals surface area contributed by atoms with E-state index >= 15 is 0 Å². The Balaban J connectivity index is 0.0000125. The van der Waals surface area contributed by atoms with Gasteiger partial charge in [-0.25, -0.2) is 9.59 Å². The van der Waals surface area contributed by atoms with E-state index in [1.165, 1.54) is 12.0 Å². The van der Waals surface area contributed by atoms with E-state index in [1.54, 1.807) is 51.8 Å². The summed E-state index contributed by atoms with van der Waals surface area (Å²) in [5.41, 5.74) is 2.22. The molecule has 1 aliphatic carbocycles. The van der Waals surface area contributed by atoms with Gasteiger partial charge in [-0.3, -0.25) is 19.2 Å². The summed E-state index contributed by atoms with van der Waals surface area (Å²) in [4.78, 5) is 87.3. The van der Waals surface area contributed by atoms with Crippen LogP contribution >= 0.6 is 0 Å². The molecular formula is C59H87BrN2O14. The molecule has 1 amide bonds. The number of esters is 2. The highest BCUT2D eigenvalue weighted by Crippen LogP contribution is 2.38. The molecule has 2 bridgehead atoms. The summed E-state index contributed by atoms with van der Waals surface area (Å²) in [6.07, 6.45) is 14.4. The van der Waals surface area contributed by atoms with Crippen molar-refractivity contribution in [2.75, 3.05) is 27.9 Å². The van der Waals surface area contributed by atoms with Crippen molar-refractivity contribution in [2.24, 2.45) is 35.5 Å². The molecule has 4 heterocycles. The molecule has 0 spiro atoms. The number of piperidine rings is 1. The minimum atomic E-state index is -2.45. The number of cyclic esters (lactones) is 1. The Bertz CT molecular complexity index is 2260. The number of allylic oxidation sites excluding steroid dienone is 6. The van der Waals surface area contributed by atoms with E-state index in [0.29, 0.717) is 69.8 Å². The first-order chi connectivity index (χ1) is 35.6. The Hall–Kier alpha value is -4.23. The Morgan fingerprint density at radius 3 is 2.30 bits per heavy atom. The molecule has 0 unspecified atom stereocenters. The number of aryl methyl sites for hydroxylation is 1. The van der Waals surface area contributed by atoms with Crippen LogP contribution in [0.15, 0.2) is 72.1 Å². The molecule has 3 fully saturated rings. The fourth-order valence-electron chi connectivity index (χ4n) is 11.3. The number of halogens is 1. The van der Waals surface area contributed by atoms with E-state index in [2.05, 4.69) is 0 Å². The molecule has 0 aromatic carbocycles. The van der Waals surface area contributed by atoms with Crippen LogP contribution < -0.4 is 21.5 Å². The highest BCUT2D eigenvalue weighted by Gasteiger charge is 2.53. The number of carbonyl (C=O) groups excluding carboxylic acids is 6. The number of fused-ring (bicyclic) bond motifs is 3. The largest absolute Gasteiger partial charge is 1.00 e. The number of methoxy groups -OCH3 is 3. The van der Waals surface area contributed by atoms with Crippen LogP contribution in [0.1, 0.15) is 131 Å². The Morgan fingerprint density at radius 1 is 0.882 bits per heavy atom. The summed E-state index contributed by atoms with van der Waals surface area (Å²) >= 11 is 0. The third-order valence-electron chi connectivity index (χ3n) is 16.0. The molecule has 4 aliphatic rings. The number of rotatable bonds is 9. The first kappa shape index (κ1) is 64.3. The minimum absolute atomic E-state index is 0. The molecule has 1 aromatic heterocycles. The molecule has 5 rings (SSSR count). The maximum Gasteiger partial charge on any atom is 0.373 e. The highest BCUT2D eigenvalue weighted by atomic mass is 79.9. The smallest absolute Gasteiger partial charge is 0.373 e. The van der Waals surface area contributed by atoms with Crippen molar-refractivity contribution < 1.29 is 89.0 Å². The zero-order valence-corrected chi connectivity index (χ0v) is 48.4. The first-order valence-corrected chi connectivity index (χ1v) is 27.2. The lowest BCUT2D eigenvalue weighted by Gasteiger charge is -2.42. The van der Waals surface area contributed by atoms with Gasteiger partial charge in [0.05, 0.1) is 24.4 Å². The molecule has 1 saturated carbocycles. The number of amides is 1. The molecule has 3 aliphatic heterocycles. The number of hydrogen-bond donors (Lipinski definition) is 2. The van der Waals surface area contributed by atoms with Crippen molar-refractivity contribution in [3.63, 3.8) is 0 Å². The van der Waals surface area contributed by atoms with Crippen LogP contribution in [0.4, 0.5) is 0 Å². The maximum absolute atomic E-state index is 14.6. The lowest BCUT2D eigenvalue weighted by molar-refractivity contribution is -0.686. The van der Waals surface area contributed by atoms with E-state index in [1.807, 2.05) is 83.3 Å². The molecule has 17 heteroatoms. The molecule has 15 atom stereocenters. The predicted octanol–water partition coefficient (Wildman–Crippen LogP) is 4.03. The van der Waals surface area contributed by atoms with E-state index in [9.17, 15) is 39.0 Å². The van der Waals surface area contributed by atoms with Gasteiger partial charge < -0.3 is 60.5 Å². The van der Waals surface area contributed by atoms with E-state index in [4.69, 9.17) is 28.4 Å². The summed E-state index contributed by atoms with van der Waals surface area (Å²) in [5, 5.41) is 22.6. The summed E-state index contributed by atoms with van der Waals surface area (Å²) in [6, 6.07) is 2.55. The fourth-order valence-corrected chi connectivity index (χ4v) is 11.3. The summed E-state index contributed by atoms with van der Waals surface area (Å²) < 4.78 is 37.8. The number of aromatic nitrogens is 1. The van der Waals surface area contributed by atoms with Crippen molar-refractivity contribution in [3.05, 3.63) is 77.7 Å². The second-order valence-corrected chi connectivity index (χ2v) is 22.1. The normalized spacial score (nSPS) is 36.0. The van der Waals surface area contributed by atoms with Crippen LogP contribution in [0.25, 0.3) is 0 Å². The molecular weight excluding hydrogens is 1040 g/mol. The minimum Gasteiger partial charge on any atom is -1.00 e. The van der Waals surface area contributed by atoms with Crippen LogP contribution in [-0.2, 0) is 63.7 Å². The summed E-state index contributed by atoms with van der Waals surface area (Å²) in [7, 11) is 4.54. The second-order valence-electron chi connectivity index (χ2n) is 22.1. The van der Waals surface area contributed by atoms with Gasteiger partial charge in [0.15, 0.2) is 30.4 Å². The number of Topliss-reactive ketones (excluding diaryl/α,β-unsaturated/α-hetero) is 3. The summed E-state index contributed by atoms with van der Waals surface area (Å²) in [5.74, 6) is -9.00. The molecule has 1 aromatic rings. The van der Waals surface area contributed by atoms with Crippen LogP contribution in [-0.4, -0.2) is 133 Å². The van der Waals surface area contributed by atoms with Crippen LogP contribution in [0, 0.1) is 42.4 Å². The van der Waals surface area contributed by atoms with Gasteiger partial charge in [-0.15, -0.1) is 0 Å². The van der Waals surface area contributed by atoms with Gasteiger partial charge in [0, 0.05) is 70.1 Å². The number of nitrogens with zero attached hydrogens (tertiary/aromatic N) is 2. The lowest BCUT2D eigenvalue weighted by Crippen LogP contribution is -3.00. The maximum atomic E-state index is 14.6. The average Bonchev–Trinajstić information content (AvgIpc) is 3.37. The number of aliphatic hydroxyl groups is 2. The van der Waals surface area contributed by atoms with Gasteiger partial charge in [0.2, 0.25) is 12.3 Å². The highest BCUT2D eigenvalue weighted by molar-refractivity contribution is 6.39. The summed E-state index contributed by atoms with van der Waals surface area (Å²) in [6.45, 7) is 14.5. The zero-order valence-electron chi connectivity index (χ0n) is 46.8. The van der Waals surface area contributed by atoms with Gasteiger partial charge in [0.25, 0.3) is 11.7 Å². The van der Waals surface area contributed by atoms with E-state index in [-0.39, 0.29) is 78.3 Å². The Morgan fingerprint density at radius 2 is 1.62 bits per heavy atom. The third-order valence-corrected chi connectivity index (χ3v) is 16.0. The molecule has 2 N–H and O–H groups in total. The topological polar surface area (TPSA) is 205 Å². The SMILES string of the molecule is CO[C@H]1C[C@@H]2CC[C@@H](C)[C@@](O)(O2)C(=O)C(=O)N2CCCC[C@H]2C(=O)O[C@H]([C@H](C)C[C@@H]2CC[C@@H](O)[C@H](OC)C2)CC(=O)[C@H](C)/C=C(\C)[C@@H](OC(=O)C[n+]2cccc(C)c2)[C@@H](OC)C(=O)[C@H](C)C[C@H](C)/C=C/C=C/C=C/1C.[Br-]. The van der Waals surface area contributed by atoms with Crippen molar-refractivity contribution >= 4 is 35.2 Å². The average molecular weight is 1130 g/mol. The van der Waals surface area contributed by atoms with Gasteiger partial charge in [-0.1, -0.05) is 71.1 Å². The first-order valence-electron chi connectivity index (χ1n) is 27.2. The lowest BCUT2D eigenvalue weighted by atomic mass is 9.78. The fraction of sp³-hybridized carbons (Fsp3) is 0.678. The number of ether oxygens (including phenoxy) is 6. The van der Waals surface area contributed by atoms with Crippen molar-refractivity contribution in [2.45, 2.75) is 194 Å². The Labute approximate surface area is 461 Å². The standard InChI is InChI=1S/C59H87N2O14.BrH/c1-36-18-13-12-14-20-38(3)49(70-9)32-45-24-22-43(8)59(69,75-45)56(66)57(67)61-27-16-15-21-46(61)58(68)73-50(40(5)30-44-23-25-47(62)51(31-44)71-10)33-48(63)39(4)29-42(7)54(55(72-11)53(65)41(6)28-36)74-52(64)35-60-26-17-19-37(2)34-60;/h12-14,17-20,26,29,34,36,39-41,43-47,49-51,54-55,62,69H,15-16,21-25,27-28,30-33,35H2,1-11H3;1H/q+1;/p-1/b14-12+,18-13+,38-20+,42-29+;/t36-,39-,40-,41-,43-,44+,45+,46+,47-,49+,50+,51-,54-,55+,59-;/m1./s1. The van der Waals surface area contributed by atoms with Gasteiger partial charge in [-0.2, -0.15) is 4.57 Å². The van der Waals surface area contributed by atoms with E-state index < -0.39 is 89.8 Å². The number of carbonyl (C=O) groups is 6. The molecule has 76 heavy (non-hydrogen) atoms. The van der Waals surface area contributed by atoms with Crippen LogP contribution in [0.2, 0.25) is 0 Å². The van der Waals surface area contributed by atoms with Crippen molar-refractivity contribution in [1.29, 1.82) is 0 Å². The second kappa shape index (κ2) is 30.2. The number of pyridine rings is 1. The number of hydrogen-bond acceptors (Lipinski definition) is 14. The molecule has 0 radical (unpaired) electrons. The molecule has 16 nitrogen and oxygen atoms in total. The number of ketones is 3. The van der Waals surface area contributed by atoms with Crippen molar-refractivity contribution in [1.82, 2.24) is 4.90 Å². The van der Waals surface area contributed by atoms with Crippen molar-refractivity contribution in [3.8, 4) is 0 Å². The van der Waals surface area contributed by atoms with Gasteiger partial charge >= 0.3 is 11.9 Å². The monoisotopic (exact) mass is 1130 g/mol. The quantitative estimate of drug-likeness (QED) is 0.155. The number of aliphatic hydroxyl groups excluding tert-OH is 1. The molecule has 2 saturated heterocycles. The van der Waals surface area contributed by atoms with Gasteiger partial charge in [0.1, 0.15) is 17.9 Å². The van der Waals surface area contributed by atoms with Crippen LogP contribution in [0.5, 0.6) is 0 Å². The predicted molar refractivity (Wildman–Crippen MR) is 280 cm³/mol. The molecule has 424 valence electrons. The van der Waals surface area contributed by atoms with Crippen LogP contribution in [0.3, 0.4) is 0 Å². The zero-order chi connectivity index (χ0) is 55.1. The third kappa shape index (κ3) is 17.4. The Kier molecular flexibility index (Phi) is 25.6. The van der Waals surface area contributed by atoms with Gasteiger partial charge in [-0.05, 0) is 120 Å². The van der Waals surface area contributed by atoms with E-state index in [0.717, 1.165) is 11.1 Å².